The first-order valence-corrected chi connectivity index (χ1v) is 3.82. The van der Waals surface area contributed by atoms with E-state index in [9.17, 15) is 22.8 Å². The molecule has 7 heteroatoms. The van der Waals surface area contributed by atoms with Gasteiger partial charge in [-0.1, -0.05) is 0 Å². The second-order valence-electron chi connectivity index (χ2n) is 2.60. The Morgan fingerprint density at radius 1 is 1.43 bits per heavy atom. The number of hydrogen-bond donors (Lipinski definition) is 1. The third kappa shape index (κ3) is 2.90. The van der Waals surface area contributed by atoms with Crippen LogP contribution in [0.15, 0.2) is 0 Å². The highest BCUT2D eigenvalue weighted by Crippen LogP contribution is 2.19. The van der Waals surface area contributed by atoms with Gasteiger partial charge in [0.15, 0.2) is 0 Å². The standard InChI is InChI=1S/C7H10F3NO3/c1-3-11(4(2)5(12)13)6(14)7(8,9)10/h4H,3H2,1-2H3,(H,12,13)/t4-/m1/s1. The van der Waals surface area contributed by atoms with E-state index < -0.39 is 24.1 Å². The summed E-state index contributed by atoms with van der Waals surface area (Å²) in [7, 11) is 0. The number of hydrogen-bond acceptors (Lipinski definition) is 2. The van der Waals surface area contributed by atoms with Gasteiger partial charge in [0.25, 0.3) is 0 Å². The van der Waals surface area contributed by atoms with Crippen molar-refractivity contribution in [1.29, 1.82) is 0 Å². The Morgan fingerprint density at radius 2 is 1.86 bits per heavy atom. The van der Waals surface area contributed by atoms with E-state index in [1.807, 2.05) is 0 Å². The minimum Gasteiger partial charge on any atom is -0.480 e. The summed E-state index contributed by atoms with van der Waals surface area (Å²) in [5, 5.41) is 8.44. The first-order valence-electron chi connectivity index (χ1n) is 3.82. The molecular weight excluding hydrogens is 203 g/mol. The highest BCUT2D eigenvalue weighted by Gasteiger charge is 2.44. The molecule has 0 unspecified atom stereocenters. The number of alkyl halides is 3. The van der Waals surface area contributed by atoms with Gasteiger partial charge in [0.2, 0.25) is 0 Å². The average molecular weight is 213 g/mol. The van der Waals surface area contributed by atoms with E-state index in [1.165, 1.54) is 6.92 Å². The molecule has 0 saturated heterocycles. The van der Waals surface area contributed by atoms with Gasteiger partial charge in [-0.2, -0.15) is 13.2 Å². The fourth-order valence-electron chi connectivity index (χ4n) is 0.889. The number of likely N-dealkylation sites (N-methyl/N-ethyl adjacent to an activating group) is 1. The van der Waals surface area contributed by atoms with Crippen molar-refractivity contribution < 1.29 is 27.9 Å². The van der Waals surface area contributed by atoms with Crippen LogP contribution in [0.3, 0.4) is 0 Å². The van der Waals surface area contributed by atoms with Gasteiger partial charge in [0.05, 0.1) is 0 Å². The second kappa shape index (κ2) is 4.30. The molecule has 0 fully saturated rings. The molecule has 0 spiro atoms. The number of carboxylic acids is 1. The van der Waals surface area contributed by atoms with Crippen LogP contribution in [0.2, 0.25) is 0 Å². The van der Waals surface area contributed by atoms with Crippen molar-refractivity contribution in [2.45, 2.75) is 26.1 Å². The van der Waals surface area contributed by atoms with Crippen molar-refractivity contribution >= 4 is 11.9 Å². The first-order chi connectivity index (χ1) is 6.21. The van der Waals surface area contributed by atoms with Gasteiger partial charge in [-0.15, -0.1) is 0 Å². The quantitative estimate of drug-likeness (QED) is 0.756. The maximum atomic E-state index is 11.9. The molecule has 14 heavy (non-hydrogen) atoms. The van der Waals surface area contributed by atoms with E-state index >= 15 is 0 Å². The highest BCUT2D eigenvalue weighted by molar-refractivity contribution is 5.86. The van der Waals surface area contributed by atoms with Gasteiger partial charge < -0.3 is 10.0 Å². The van der Waals surface area contributed by atoms with Crippen LogP contribution >= 0.6 is 0 Å². The third-order valence-corrected chi connectivity index (χ3v) is 1.67. The molecule has 82 valence electrons. The Kier molecular flexibility index (Phi) is 3.91. The summed E-state index contributed by atoms with van der Waals surface area (Å²) in [6.45, 7) is 2.00. The van der Waals surface area contributed by atoms with E-state index in [-0.39, 0.29) is 11.4 Å². The van der Waals surface area contributed by atoms with Crippen LogP contribution < -0.4 is 0 Å². The first kappa shape index (κ1) is 12.7. The molecular formula is C7H10F3NO3. The van der Waals surface area contributed by atoms with Crippen molar-refractivity contribution in [3.8, 4) is 0 Å². The molecule has 0 radical (unpaired) electrons. The number of carbonyl (C=O) groups excluding carboxylic acids is 1. The third-order valence-electron chi connectivity index (χ3n) is 1.67. The molecule has 4 nitrogen and oxygen atoms in total. The van der Waals surface area contributed by atoms with Gasteiger partial charge in [0, 0.05) is 6.54 Å². The lowest BCUT2D eigenvalue weighted by Gasteiger charge is -2.25. The Hall–Kier alpha value is -1.27. The van der Waals surface area contributed by atoms with E-state index in [4.69, 9.17) is 5.11 Å². The SMILES string of the molecule is CCN(C(=O)C(F)(F)F)[C@H](C)C(=O)O. The average Bonchev–Trinajstić information content (AvgIpc) is 2.03. The zero-order valence-corrected chi connectivity index (χ0v) is 7.63. The lowest BCUT2D eigenvalue weighted by molar-refractivity contribution is -0.189. The zero-order valence-electron chi connectivity index (χ0n) is 7.63. The van der Waals surface area contributed by atoms with Crippen LogP contribution in [0, 0.1) is 0 Å². The van der Waals surface area contributed by atoms with Crippen molar-refractivity contribution in [3.63, 3.8) is 0 Å². The monoisotopic (exact) mass is 213 g/mol. The van der Waals surface area contributed by atoms with E-state index in [2.05, 4.69) is 0 Å². The Morgan fingerprint density at radius 3 is 2.07 bits per heavy atom. The lowest BCUT2D eigenvalue weighted by Crippen LogP contribution is -2.48. The van der Waals surface area contributed by atoms with E-state index in [0.717, 1.165) is 6.92 Å². The van der Waals surface area contributed by atoms with Gasteiger partial charge in [-0.05, 0) is 13.8 Å². The van der Waals surface area contributed by atoms with Crippen LogP contribution in [0.25, 0.3) is 0 Å². The molecule has 0 aliphatic carbocycles. The fraction of sp³-hybridized carbons (Fsp3) is 0.714. The van der Waals surface area contributed by atoms with E-state index in [0.29, 0.717) is 0 Å². The van der Waals surface area contributed by atoms with Crippen LogP contribution in [-0.4, -0.2) is 40.6 Å². The smallest absolute Gasteiger partial charge is 0.471 e. The van der Waals surface area contributed by atoms with Crippen LogP contribution in [0.4, 0.5) is 13.2 Å². The summed E-state index contributed by atoms with van der Waals surface area (Å²) in [6.07, 6.45) is -5.03. The lowest BCUT2D eigenvalue weighted by atomic mass is 10.2. The highest BCUT2D eigenvalue weighted by atomic mass is 19.4. The molecule has 0 aromatic heterocycles. The molecule has 0 aliphatic heterocycles. The van der Waals surface area contributed by atoms with Crippen LogP contribution in [-0.2, 0) is 9.59 Å². The van der Waals surface area contributed by atoms with Crippen LogP contribution in [0.1, 0.15) is 13.8 Å². The number of carboxylic acid groups (broad SMARTS) is 1. The number of nitrogens with zero attached hydrogens (tertiary/aromatic N) is 1. The molecule has 1 N–H and O–H groups in total. The molecule has 0 rings (SSSR count). The Labute approximate surface area is 78.3 Å². The summed E-state index contributed by atoms with van der Waals surface area (Å²) in [5.74, 6) is -3.60. The van der Waals surface area contributed by atoms with Gasteiger partial charge >= 0.3 is 18.1 Å². The van der Waals surface area contributed by atoms with Crippen molar-refractivity contribution in [1.82, 2.24) is 4.90 Å². The molecule has 1 atom stereocenters. The minimum atomic E-state index is -5.03. The number of rotatable bonds is 3. The summed E-state index contributed by atoms with van der Waals surface area (Å²) in [6, 6.07) is -1.48. The predicted octanol–water partition coefficient (Wildman–Crippen LogP) is 0.870. The van der Waals surface area contributed by atoms with Crippen molar-refractivity contribution in [3.05, 3.63) is 0 Å². The number of aliphatic carboxylic acids is 1. The maximum Gasteiger partial charge on any atom is 0.471 e. The number of carbonyl (C=O) groups is 2. The fourth-order valence-corrected chi connectivity index (χ4v) is 0.889. The van der Waals surface area contributed by atoms with Crippen molar-refractivity contribution in [2.75, 3.05) is 6.54 Å². The predicted molar refractivity (Wildman–Crippen MR) is 40.5 cm³/mol. The van der Waals surface area contributed by atoms with Gasteiger partial charge in [0.1, 0.15) is 6.04 Å². The molecule has 1 amide bonds. The normalized spacial score (nSPS) is 13.5. The maximum absolute atomic E-state index is 11.9. The topological polar surface area (TPSA) is 57.6 Å². The molecule has 0 aromatic carbocycles. The summed E-state index contributed by atoms with van der Waals surface area (Å²) in [5.41, 5.74) is 0. The summed E-state index contributed by atoms with van der Waals surface area (Å²) < 4.78 is 35.8. The Balaban J connectivity index is 4.74. The van der Waals surface area contributed by atoms with Gasteiger partial charge in [-0.25, -0.2) is 4.79 Å². The molecule has 0 heterocycles. The minimum absolute atomic E-state index is 0.252. The molecule has 0 aliphatic rings. The van der Waals surface area contributed by atoms with Crippen molar-refractivity contribution in [2.24, 2.45) is 0 Å². The number of amides is 1. The second-order valence-corrected chi connectivity index (χ2v) is 2.60. The van der Waals surface area contributed by atoms with E-state index in [1.54, 1.807) is 0 Å². The zero-order chi connectivity index (χ0) is 11.5. The number of halogens is 3. The largest absolute Gasteiger partial charge is 0.480 e. The summed E-state index contributed by atoms with van der Waals surface area (Å²) in [4.78, 5) is 21.3. The molecule has 0 saturated carbocycles. The summed E-state index contributed by atoms with van der Waals surface area (Å²) >= 11 is 0. The molecule has 0 aromatic rings. The van der Waals surface area contributed by atoms with Crippen LogP contribution in [0.5, 0.6) is 0 Å². The molecule has 0 bridgehead atoms. The van der Waals surface area contributed by atoms with Gasteiger partial charge in [-0.3, -0.25) is 4.79 Å². The Bertz CT molecular complexity index is 239.